The van der Waals surface area contributed by atoms with Gasteiger partial charge in [-0.15, -0.1) is 0 Å². The van der Waals surface area contributed by atoms with E-state index in [0.717, 1.165) is 28.9 Å². The van der Waals surface area contributed by atoms with Crippen molar-refractivity contribution >= 4 is 44.4 Å². The van der Waals surface area contributed by atoms with Crippen LogP contribution in [0.4, 0.5) is 17.1 Å². The smallest absolute Gasteiger partial charge is 0.0541 e. The zero-order chi connectivity index (χ0) is 34.3. The van der Waals surface area contributed by atoms with Crippen molar-refractivity contribution in [2.45, 2.75) is 6.42 Å². The third-order valence-corrected chi connectivity index (χ3v) is 10.1. The molecular weight excluding hydrogens is 617 g/mol. The quantitative estimate of drug-likeness (QED) is 0.156. The molecule has 0 N–H and O–H groups in total. The molecule has 9 rings (SSSR count). The lowest BCUT2D eigenvalue weighted by atomic mass is 9.92. The number of fused-ring (bicyclic) bond motifs is 5. The van der Waals surface area contributed by atoms with E-state index in [4.69, 9.17) is 0 Å². The van der Waals surface area contributed by atoms with Gasteiger partial charge in [-0.3, -0.25) is 0 Å². The fourth-order valence-corrected chi connectivity index (χ4v) is 7.69. The van der Waals surface area contributed by atoms with E-state index in [1.165, 1.54) is 66.6 Å². The molecule has 2 nitrogen and oxygen atoms in total. The molecule has 0 fully saturated rings. The van der Waals surface area contributed by atoms with E-state index in [0.29, 0.717) is 0 Å². The summed E-state index contributed by atoms with van der Waals surface area (Å²) in [5.74, 6) is 0. The minimum atomic E-state index is 0.890. The normalized spacial score (nSPS) is 12.5. The summed E-state index contributed by atoms with van der Waals surface area (Å²) in [4.78, 5) is 2.39. The maximum atomic E-state index is 3.99. The molecular formula is C49H36N2. The highest BCUT2D eigenvalue weighted by Gasteiger charge is 2.24. The van der Waals surface area contributed by atoms with Crippen LogP contribution in [-0.2, 0) is 6.42 Å². The third-order valence-electron chi connectivity index (χ3n) is 10.1. The summed E-state index contributed by atoms with van der Waals surface area (Å²) in [5, 5.41) is 2.53. The fraction of sp³-hybridized carbons (Fsp3) is 0.0204. The van der Waals surface area contributed by atoms with Crippen molar-refractivity contribution in [3.8, 4) is 27.9 Å². The minimum Gasteiger partial charge on any atom is -0.310 e. The highest BCUT2D eigenvalue weighted by atomic mass is 15.2. The Balaban J connectivity index is 1.08. The maximum Gasteiger partial charge on any atom is 0.0541 e. The van der Waals surface area contributed by atoms with Gasteiger partial charge in [0, 0.05) is 39.9 Å². The summed E-state index contributed by atoms with van der Waals surface area (Å²) < 4.78 is 2.39. The Morgan fingerprint density at radius 3 is 1.92 bits per heavy atom. The first-order valence-corrected chi connectivity index (χ1v) is 17.5. The molecule has 0 bridgehead atoms. The zero-order valence-corrected chi connectivity index (χ0v) is 28.3. The number of anilines is 3. The minimum absolute atomic E-state index is 0.890. The van der Waals surface area contributed by atoms with Crippen molar-refractivity contribution in [1.82, 2.24) is 4.57 Å². The van der Waals surface area contributed by atoms with Crippen LogP contribution in [-0.4, -0.2) is 4.57 Å². The number of para-hydroxylation sites is 2. The topological polar surface area (TPSA) is 8.17 Å². The van der Waals surface area contributed by atoms with Crippen LogP contribution in [0.25, 0.3) is 55.3 Å². The van der Waals surface area contributed by atoms with Gasteiger partial charge in [-0.2, -0.15) is 0 Å². The monoisotopic (exact) mass is 652 g/mol. The lowest BCUT2D eigenvalue weighted by molar-refractivity contribution is 1.09. The van der Waals surface area contributed by atoms with Crippen LogP contribution >= 0.6 is 0 Å². The van der Waals surface area contributed by atoms with E-state index in [2.05, 4.69) is 186 Å². The third kappa shape index (κ3) is 5.29. The van der Waals surface area contributed by atoms with Crippen molar-refractivity contribution in [3.05, 3.63) is 212 Å². The van der Waals surface area contributed by atoms with Crippen LogP contribution < -0.4 is 4.90 Å². The molecule has 1 aliphatic rings. The Kier molecular flexibility index (Phi) is 7.56. The molecule has 1 aliphatic heterocycles. The molecule has 2 heteroatoms. The fourth-order valence-electron chi connectivity index (χ4n) is 7.69. The van der Waals surface area contributed by atoms with E-state index in [-0.39, 0.29) is 0 Å². The molecule has 2 heterocycles. The van der Waals surface area contributed by atoms with Crippen LogP contribution in [0.1, 0.15) is 16.7 Å². The Morgan fingerprint density at radius 2 is 1.12 bits per heavy atom. The number of allylic oxidation sites excluding steroid dienone is 4. The highest BCUT2D eigenvalue weighted by Crippen LogP contribution is 2.45. The number of rotatable bonds is 7. The first kappa shape index (κ1) is 30.4. The molecule has 0 radical (unpaired) electrons. The average Bonchev–Trinajstić information content (AvgIpc) is 3.53. The molecule has 1 aromatic heterocycles. The molecule has 0 atom stereocenters. The van der Waals surface area contributed by atoms with Crippen LogP contribution in [0, 0.1) is 0 Å². The van der Waals surface area contributed by atoms with Gasteiger partial charge >= 0.3 is 0 Å². The molecule has 51 heavy (non-hydrogen) atoms. The van der Waals surface area contributed by atoms with Crippen molar-refractivity contribution in [3.63, 3.8) is 0 Å². The summed E-state index contributed by atoms with van der Waals surface area (Å²) in [6, 6.07) is 59.6. The largest absolute Gasteiger partial charge is 0.310 e. The van der Waals surface area contributed by atoms with Gasteiger partial charge in [0.25, 0.3) is 0 Å². The predicted molar refractivity (Wildman–Crippen MR) is 218 cm³/mol. The van der Waals surface area contributed by atoms with Crippen LogP contribution in [0.15, 0.2) is 195 Å². The van der Waals surface area contributed by atoms with Gasteiger partial charge in [-0.05, 0) is 105 Å². The van der Waals surface area contributed by atoms with Gasteiger partial charge in [-0.1, -0.05) is 135 Å². The lowest BCUT2D eigenvalue weighted by Crippen LogP contribution is -2.18. The zero-order valence-electron chi connectivity index (χ0n) is 28.3. The number of nitrogens with zero attached hydrogens (tertiary/aromatic N) is 2. The first-order valence-electron chi connectivity index (χ1n) is 17.5. The van der Waals surface area contributed by atoms with Crippen LogP contribution in [0.2, 0.25) is 0 Å². The standard InChI is InChI=1S/C49H36N2/c1-3-12-34(4-2)36-19-25-42(26-20-36)50-46-17-10-8-15-40(46)32-41-31-38(23-29-47(41)50)37-21-27-43(28-22-37)51-48-18-11-9-16-44(48)45-33-39(24-30-49(45)51)35-13-6-5-7-14-35/h3-31,33H,1-2,32H2/b34-12+. The molecule has 0 unspecified atom stereocenters. The van der Waals surface area contributed by atoms with E-state index in [9.17, 15) is 0 Å². The van der Waals surface area contributed by atoms with E-state index in [1.807, 2.05) is 12.2 Å². The van der Waals surface area contributed by atoms with Gasteiger partial charge in [0.2, 0.25) is 0 Å². The second-order valence-corrected chi connectivity index (χ2v) is 13.1. The van der Waals surface area contributed by atoms with Crippen molar-refractivity contribution in [2.75, 3.05) is 4.90 Å². The Labute approximate surface area is 299 Å². The molecule has 242 valence electrons. The molecule has 8 aromatic rings. The predicted octanol–water partition coefficient (Wildman–Crippen LogP) is 13.2. The van der Waals surface area contributed by atoms with Gasteiger partial charge in [-0.25, -0.2) is 0 Å². The number of hydrogen-bond acceptors (Lipinski definition) is 1. The summed E-state index contributed by atoms with van der Waals surface area (Å²) in [5.41, 5.74) is 16.8. The van der Waals surface area contributed by atoms with Crippen molar-refractivity contribution in [2.24, 2.45) is 0 Å². The number of hydrogen-bond donors (Lipinski definition) is 0. The average molecular weight is 653 g/mol. The molecule has 0 spiro atoms. The summed E-state index contributed by atoms with van der Waals surface area (Å²) in [6.07, 6.45) is 6.56. The van der Waals surface area contributed by atoms with Gasteiger partial charge < -0.3 is 9.47 Å². The highest BCUT2D eigenvalue weighted by molar-refractivity contribution is 6.10. The molecule has 7 aromatic carbocycles. The Hall–Kier alpha value is -6.64. The van der Waals surface area contributed by atoms with Crippen molar-refractivity contribution in [1.29, 1.82) is 0 Å². The summed E-state index contributed by atoms with van der Waals surface area (Å²) in [7, 11) is 0. The Bertz CT molecular complexity index is 2620. The number of benzene rings is 7. The lowest BCUT2D eigenvalue weighted by Gasteiger charge is -2.34. The summed E-state index contributed by atoms with van der Waals surface area (Å²) in [6.45, 7) is 7.85. The number of aromatic nitrogens is 1. The van der Waals surface area contributed by atoms with E-state index >= 15 is 0 Å². The van der Waals surface area contributed by atoms with Crippen LogP contribution in [0.5, 0.6) is 0 Å². The maximum absolute atomic E-state index is 3.99. The van der Waals surface area contributed by atoms with Crippen LogP contribution in [0.3, 0.4) is 0 Å². The Morgan fingerprint density at radius 1 is 0.490 bits per heavy atom. The second-order valence-electron chi connectivity index (χ2n) is 13.1. The molecule has 0 saturated heterocycles. The second kappa shape index (κ2) is 12.7. The molecule has 0 saturated carbocycles. The van der Waals surface area contributed by atoms with Gasteiger partial charge in [0.1, 0.15) is 0 Å². The van der Waals surface area contributed by atoms with E-state index < -0.39 is 0 Å². The van der Waals surface area contributed by atoms with E-state index in [1.54, 1.807) is 6.08 Å². The van der Waals surface area contributed by atoms with Crippen molar-refractivity contribution < 1.29 is 0 Å². The van der Waals surface area contributed by atoms with Gasteiger partial charge in [0.15, 0.2) is 0 Å². The SMILES string of the molecule is C=C/C=C(\C=C)c1ccc(N2c3ccccc3Cc3cc(-c4ccc(-n5c6ccccc6c6cc(-c7ccccc7)ccc65)cc4)ccc32)cc1. The van der Waals surface area contributed by atoms with Gasteiger partial charge in [0.05, 0.1) is 11.0 Å². The summed E-state index contributed by atoms with van der Waals surface area (Å²) >= 11 is 0. The molecule has 0 aliphatic carbocycles. The first-order chi connectivity index (χ1) is 25.2. The molecule has 0 amide bonds.